The maximum absolute atomic E-state index is 12.9. The molecule has 0 bridgehead atoms. The lowest BCUT2D eigenvalue weighted by Crippen LogP contribution is -2.26. The maximum atomic E-state index is 12.9. The Morgan fingerprint density at radius 3 is 2.38 bits per heavy atom. The van der Waals surface area contributed by atoms with Gasteiger partial charge < -0.3 is 5.32 Å². The van der Waals surface area contributed by atoms with E-state index in [0.29, 0.717) is 17.9 Å². The molecule has 2 aromatic carbocycles. The SMILES string of the molecule is C[C@@H](NC(=O)CCc1ccc(Cl)cc1)c1ccc(F)cc1. The van der Waals surface area contributed by atoms with E-state index in [1.54, 1.807) is 12.1 Å². The van der Waals surface area contributed by atoms with Gasteiger partial charge in [-0.3, -0.25) is 4.79 Å². The Balaban J connectivity index is 1.83. The van der Waals surface area contributed by atoms with E-state index < -0.39 is 0 Å². The highest BCUT2D eigenvalue weighted by atomic mass is 35.5. The third kappa shape index (κ3) is 4.87. The number of hydrogen-bond acceptors (Lipinski definition) is 1. The van der Waals surface area contributed by atoms with Crippen LogP contribution in [0.5, 0.6) is 0 Å². The van der Waals surface area contributed by atoms with Crippen molar-refractivity contribution in [2.24, 2.45) is 0 Å². The van der Waals surface area contributed by atoms with Gasteiger partial charge in [0.2, 0.25) is 5.91 Å². The number of carbonyl (C=O) groups excluding carboxylic acids is 1. The number of aryl methyl sites for hydroxylation is 1. The lowest BCUT2D eigenvalue weighted by Gasteiger charge is -2.14. The van der Waals surface area contributed by atoms with Crippen molar-refractivity contribution in [3.63, 3.8) is 0 Å². The van der Waals surface area contributed by atoms with Crippen LogP contribution in [0.15, 0.2) is 48.5 Å². The molecule has 0 unspecified atom stereocenters. The van der Waals surface area contributed by atoms with Crippen LogP contribution in [0.3, 0.4) is 0 Å². The zero-order valence-corrected chi connectivity index (χ0v) is 12.5. The van der Waals surface area contributed by atoms with Crippen molar-refractivity contribution in [2.75, 3.05) is 0 Å². The molecule has 0 spiro atoms. The van der Waals surface area contributed by atoms with Crippen LogP contribution < -0.4 is 5.32 Å². The van der Waals surface area contributed by atoms with Gasteiger partial charge in [0.15, 0.2) is 0 Å². The smallest absolute Gasteiger partial charge is 0.220 e. The minimum absolute atomic E-state index is 0.0261. The number of hydrogen-bond donors (Lipinski definition) is 1. The van der Waals surface area contributed by atoms with Gasteiger partial charge in [0.1, 0.15) is 5.82 Å². The van der Waals surface area contributed by atoms with Gasteiger partial charge in [-0.05, 0) is 48.7 Å². The second-order valence-corrected chi connectivity index (χ2v) is 5.40. The van der Waals surface area contributed by atoms with Gasteiger partial charge in [0.25, 0.3) is 0 Å². The van der Waals surface area contributed by atoms with Crippen LogP contribution >= 0.6 is 11.6 Å². The number of carbonyl (C=O) groups is 1. The van der Waals surface area contributed by atoms with E-state index >= 15 is 0 Å². The summed E-state index contributed by atoms with van der Waals surface area (Å²) < 4.78 is 12.9. The predicted octanol–water partition coefficient (Wildman–Crippen LogP) is 4.29. The summed E-state index contributed by atoms with van der Waals surface area (Å²) in [5, 5.41) is 3.60. The Morgan fingerprint density at radius 2 is 1.76 bits per heavy atom. The molecule has 4 heteroatoms. The molecule has 2 aromatic rings. The lowest BCUT2D eigenvalue weighted by atomic mass is 10.1. The molecule has 0 aliphatic heterocycles. The van der Waals surface area contributed by atoms with E-state index in [4.69, 9.17) is 11.6 Å². The molecule has 1 amide bonds. The standard InChI is InChI=1S/C17H17ClFNO/c1-12(14-5-9-16(19)10-6-14)20-17(21)11-4-13-2-7-15(18)8-3-13/h2-3,5-10,12H,4,11H2,1H3,(H,20,21)/t12-/m1/s1. The quantitative estimate of drug-likeness (QED) is 0.877. The first-order chi connectivity index (χ1) is 10.0. The van der Waals surface area contributed by atoms with E-state index in [2.05, 4.69) is 5.32 Å². The molecule has 0 aliphatic rings. The fourth-order valence-corrected chi connectivity index (χ4v) is 2.18. The Kier molecular flexibility index (Phi) is 5.34. The summed E-state index contributed by atoms with van der Waals surface area (Å²) >= 11 is 5.82. The monoisotopic (exact) mass is 305 g/mol. The van der Waals surface area contributed by atoms with E-state index in [1.807, 2.05) is 31.2 Å². The van der Waals surface area contributed by atoms with Crippen molar-refractivity contribution < 1.29 is 9.18 Å². The number of benzene rings is 2. The second-order valence-electron chi connectivity index (χ2n) is 4.97. The summed E-state index contributed by atoms with van der Waals surface area (Å²) in [7, 11) is 0. The molecule has 1 atom stereocenters. The largest absolute Gasteiger partial charge is 0.350 e. The molecule has 0 fully saturated rings. The van der Waals surface area contributed by atoms with Gasteiger partial charge >= 0.3 is 0 Å². The van der Waals surface area contributed by atoms with Crippen molar-refractivity contribution in [3.05, 3.63) is 70.5 Å². The van der Waals surface area contributed by atoms with Crippen LogP contribution in [0.25, 0.3) is 0 Å². The summed E-state index contributed by atoms with van der Waals surface area (Å²) in [6.07, 6.45) is 1.08. The predicted molar refractivity (Wildman–Crippen MR) is 82.7 cm³/mol. The fourth-order valence-electron chi connectivity index (χ4n) is 2.06. The summed E-state index contributed by atoms with van der Waals surface area (Å²) in [4.78, 5) is 11.9. The maximum Gasteiger partial charge on any atom is 0.220 e. The first-order valence-electron chi connectivity index (χ1n) is 6.84. The Labute approximate surface area is 128 Å². The minimum atomic E-state index is -0.278. The molecule has 0 aliphatic carbocycles. The Morgan fingerprint density at radius 1 is 1.14 bits per heavy atom. The fraction of sp³-hybridized carbons (Fsp3) is 0.235. The third-order valence-electron chi connectivity index (χ3n) is 3.30. The second kappa shape index (κ2) is 7.23. The topological polar surface area (TPSA) is 29.1 Å². The molecule has 2 nitrogen and oxygen atoms in total. The molecule has 0 aromatic heterocycles. The number of halogens is 2. The van der Waals surface area contributed by atoms with Gasteiger partial charge in [-0.2, -0.15) is 0 Å². The van der Waals surface area contributed by atoms with E-state index in [9.17, 15) is 9.18 Å². The highest BCUT2D eigenvalue weighted by Gasteiger charge is 2.09. The Hall–Kier alpha value is -1.87. The van der Waals surface area contributed by atoms with Gasteiger partial charge in [0, 0.05) is 11.4 Å². The van der Waals surface area contributed by atoms with Gasteiger partial charge in [0.05, 0.1) is 6.04 Å². The van der Waals surface area contributed by atoms with E-state index in [-0.39, 0.29) is 17.8 Å². The molecule has 0 saturated carbocycles. The Bertz CT molecular complexity index is 595. The highest BCUT2D eigenvalue weighted by molar-refractivity contribution is 6.30. The zero-order chi connectivity index (χ0) is 15.2. The first-order valence-corrected chi connectivity index (χ1v) is 7.21. The third-order valence-corrected chi connectivity index (χ3v) is 3.55. The van der Waals surface area contributed by atoms with Crippen molar-refractivity contribution in [1.29, 1.82) is 0 Å². The normalized spacial score (nSPS) is 12.0. The number of amides is 1. The molecular formula is C17H17ClFNO. The summed E-state index contributed by atoms with van der Waals surface area (Å²) in [6.45, 7) is 1.88. The van der Waals surface area contributed by atoms with Crippen molar-refractivity contribution >= 4 is 17.5 Å². The number of nitrogens with one attached hydrogen (secondary N) is 1. The minimum Gasteiger partial charge on any atom is -0.350 e. The van der Waals surface area contributed by atoms with Crippen LogP contribution in [0.1, 0.15) is 30.5 Å². The van der Waals surface area contributed by atoms with Crippen LogP contribution in [-0.2, 0) is 11.2 Å². The molecule has 21 heavy (non-hydrogen) atoms. The average molecular weight is 306 g/mol. The highest BCUT2D eigenvalue weighted by Crippen LogP contribution is 2.14. The molecule has 0 radical (unpaired) electrons. The van der Waals surface area contributed by atoms with Gasteiger partial charge in [-0.1, -0.05) is 35.9 Å². The van der Waals surface area contributed by atoms with Crippen molar-refractivity contribution in [2.45, 2.75) is 25.8 Å². The average Bonchev–Trinajstić information content (AvgIpc) is 2.47. The molecule has 0 saturated heterocycles. The zero-order valence-electron chi connectivity index (χ0n) is 11.8. The van der Waals surface area contributed by atoms with E-state index in [1.165, 1.54) is 12.1 Å². The van der Waals surface area contributed by atoms with Gasteiger partial charge in [-0.25, -0.2) is 4.39 Å². The molecule has 1 N–H and O–H groups in total. The first kappa shape index (κ1) is 15.5. The van der Waals surface area contributed by atoms with Crippen LogP contribution in [0.2, 0.25) is 5.02 Å². The number of rotatable bonds is 5. The van der Waals surface area contributed by atoms with Gasteiger partial charge in [-0.15, -0.1) is 0 Å². The van der Waals surface area contributed by atoms with Crippen molar-refractivity contribution in [1.82, 2.24) is 5.32 Å². The van der Waals surface area contributed by atoms with E-state index in [0.717, 1.165) is 11.1 Å². The molecular weight excluding hydrogens is 289 g/mol. The van der Waals surface area contributed by atoms with Crippen LogP contribution in [0, 0.1) is 5.82 Å². The lowest BCUT2D eigenvalue weighted by molar-refractivity contribution is -0.121. The van der Waals surface area contributed by atoms with Crippen molar-refractivity contribution in [3.8, 4) is 0 Å². The van der Waals surface area contributed by atoms with Crippen LogP contribution in [0.4, 0.5) is 4.39 Å². The molecule has 110 valence electrons. The summed E-state index contributed by atoms with van der Waals surface area (Å²) in [6, 6.07) is 13.5. The molecule has 0 heterocycles. The summed E-state index contributed by atoms with van der Waals surface area (Å²) in [5.74, 6) is -0.304. The summed E-state index contributed by atoms with van der Waals surface area (Å²) in [5.41, 5.74) is 1.96. The molecule has 2 rings (SSSR count). The van der Waals surface area contributed by atoms with Crippen LogP contribution in [-0.4, -0.2) is 5.91 Å².